The molecule has 0 aromatic heterocycles. The fraction of sp³-hybridized carbons (Fsp3) is 0.400. The zero-order valence-corrected chi connectivity index (χ0v) is 11.9. The van der Waals surface area contributed by atoms with Crippen molar-refractivity contribution >= 4 is 6.03 Å². The van der Waals surface area contributed by atoms with E-state index in [9.17, 15) is 4.79 Å². The molecule has 1 aromatic rings. The molecule has 4 nitrogen and oxygen atoms in total. The van der Waals surface area contributed by atoms with Gasteiger partial charge in [-0.15, -0.1) is 0 Å². The number of carbonyl (C=O) groups excluding carboxylic acids is 1. The Hall–Kier alpha value is -1.97. The van der Waals surface area contributed by atoms with Gasteiger partial charge in [-0.05, 0) is 30.5 Å². The van der Waals surface area contributed by atoms with Gasteiger partial charge < -0.3 is 15.4 Å². The Morgan fingerprint density at radius 1 is 1.21 bits per heavy atom. The normalized spacial score (nSPS) is 12.5. The third-order valence-corrected chi connectivity index (χ3v) is 2.66. The van der Waals surface area contributed by atoms with Crippen molar-refractivity contribution in [1.29, 1.82) is 0 Å². The summed E-state index contributed by atoms with van der Waals surface area (Å²) in [5.74, 6) is 1.22. The molecular weight excluding hydrogens is 240 g/mol. The van der Waals surface area contributed by atoms with Crippen molar-refractivity contribution < 1.29 is 9.53 Å². The molecule has 2 amide bonds. The zero-order valence-electron chi connectivity index (χ0n) is 11.9. The monoisotopic (exact) mass is 262 g/mol. The maximum absolute atomic E-state index is 11.6. The fourth-order valence-corrected chi connectivity index (χ4v) is 1.53. The minimum absolute atomic E-state index is 0.0571. The molecule has 0 fully saturated rings. The number of benzene rings is 1. The second kappa shape index (κ2) is 7.46. The quantitative estimate of drug-likeness (QED) is 0.856. The molecule has 1 rings (SSSR count). The number of hydrogen-bond acceptors (Lipinski definition) is 2. The second-order valence-electron chi connectivity index (χ2n) is 4.72. The van der Waals surface area contributed by atoms with Gasteiger partial charge in [-0.1, -0.05) is 32.1 Å². The van der Waals surface area contributed by atoms with Crippen molar-refractivity contribution in [2.75, 3.05) is 7.11 Å². The zero-order chi connectivity index (χ0) is 14.3. The minimum Gasteiger partial charge on any atom is -0.497 e. The third-order valence-electron chi connectivity index (χ3n) is 2.66. The van der Waals surface area contributed by atoms with Crippen LogP contribution in [0.25, 0.3) is 0 Å². The number of carbonyl (C=O) groups is 1. The van der Waals surface area contributed by atoms with E-state index in [1.165, 1.54) is 0 Å². The molecule has 104 valence electrons. The van der Waals surface area contributed by atoms with Gasteiger partial charge in [0.05, 0.1) is 13.2 Å². The number of ether oxygens (including phenoxy) is 1. The first-order valence-electron chi connectivity index (χ1n) is 6.40. The van der Waals surface area contributed by atoms with Crippen molar-refractivity contribution in [2.24, 2.45) is 5.92 Å². The van der Waals surface area contributed by atoms with Crippen molar-refractivity contribution in [3.8, 4) is 5.75 Å². The average molecular weight is 262 g/mol. The summed E-state index contributed by atoms with van der Waals surface area (Å²) in [5, 5.41) is 5.55. The van der Waals surface area contributed by atoms with Gasteiger partial charge in [0.25, 0.3) is 0 Å². The van der Waals surface area contributed by atoms with Gasteiger partial charge in [-0.3, -0.25) is 0 Å². The van der Waals surface area contributed by atoms with E-state index in [1.807, 2.05) is 37.3 Å². The lowest BCUT2D eigenvalue weighted by Crippen LogP contribution is -2.34. The topological polar surface area (TPSA) is 50.4 Å². The SMILES string of the molecule is COc1ccc(C(C)NC(=O)N/C=C/C(C)C)cc1. The number of rotatable bonds is 5. The van der Waals surface area contributed by atoms with Crippen LogP contribution in [0, 0.1) is 5.92 Å². The van der Waals surface area contributed by atoms with Crippen LogP contribution < -0.4 is 15.4 Å². The van der Waals surface area contributed by atoms with Crippen molar-refractivity contribution in [2.45, 2.75) is 26.8 Å². The van der Waals surface area contributed by atoms with E-state index < -0.39 is 0 Å². The smallest absolute Gasteiger partial charge is 0.319 e. The summed E-state index contributed by atoms with van der Waals surface area (Å²) in [7, 11) is 1.63. The van der Waals surface area contributed by atoms with Gasteiger partial charge in [0.15, 0.2) is 0 Å². The lowest BCUT2D eigenvalue weighted by atomic mass is 10.1. The molecule has 0 spiro atoms. The molecule has 2 N–H and O–H groups in total. The lowest BCUT2D eigenvalue weighted by molar-refractivity contribution is 0.241. The summed E-state index contributed by atoms with van der Waals surface area (Å²) in [6, 6.07) is 7.37. The Morgan fingerprint density at radius 3 is 2.37 bits per heavy atom. The van der Waals surface area contributed by atoms with Crippen molar-refractivity contribution in [1.82, 2.24) is 10.6 Å². The van der Waals surface area contributed by atoms with Gasteiger partial charge in [-0.25, -0.2) is 4.79 Å². The van der Waals surface area contributed by atoms with Gasteiger partial charge in [0.2, 0.25) is 0 Å². The van der Waals surface area contributed by atoms with Crippen LogP contribution in [-0.4, -0.2) is 13.1 Å². The summed E-state index contributed by atoms with van der Waals surface area (Å²) in [6.45, 7) is 6.04. The standard InChI is InChI=1S/C15H22N2O2/c1-11(2)9-10-16-15(18)17-12(3)13-5-7-14(19-4)8-6-13/h5-12H,1-4H3,(H2,16,17,18)/b10-9+. The Morgan fingerprint density at radius 2 is 1.84 bits per heavy atom. The molecule has 0 aliphatic heterocycles. The number of allylic oxidation sites excluding steroid dienone is 1. The van der Waals surface area contributed by atoms with Crippen molar-refractivity contribution in [3.05, 3.63) is 42.1 Å². The molecule has 1 atom stereocenters. The average Bonchev–Trinajstić information content (AvgIpc) is 2.38. The molecular formula is C15H22N2O2. The molecule has 0 aliphatic carbocycles. The molecule has 0 bridgehead atoms. The van der Waals surface area contributed by atoms with Crippen LogP contribution in [-0.2, 0) is 0 Å². The van der Waals surface area contributed by atoms with E-state index in [0.717, 1.165) is 11.3 Å². The number of urea groups is 1. The summed E-state index contributed by atoms with van der Waals surface area (Å²) >= 11 is 0. The highest BCUT2D eigenvalue weighted by molar-refractivity contribution is 5.75. The van der Waals surface area contributed by atoms with Crippen LogP contribution in [0.2, 0.25) is 0 Å². The Kier molecular flexibility index (Phi) is 5.93. The van der Waals surface area contributed by atoms with Crippen molar-refractivity contribution in [3.63, 3.8) is 0 Å². The largest absolute Gasteiger partial charge is 0.497 e. The number of methoxy groups -OCH3 is 1. The lowest BCUT2D eigenvalue weighted by Gasteiger charge is -2.14. The molecule has 1 unspecified atom stereocenters. The Bertz CT molecular complexity index is 424. The van der Waals surface area contributed by atoms with E-state index in [0.29, 0.717) is 5.92 Å². The van der Waals surface area contributed by atoms with Crippen LogP contribution in [0.15, 0.2) is 36.5 Å². The predicted octanol–water partition coefficient (Wildman–Crippen LogP) is 3.23. The number of amides is 2. The first-order chi connectivity index (χ1) is 9.02. The molecule has 0 heterocycles. The molecule has 1 aromatic carbocycles. The van der Waals surface area contributed by atoms with Crippen LogP contribution >= 0.6 is 0 Å². The van der Waals surface area contributed by atoms with Gasteiger partial charge >= 0.3 is 6.03 Å². The van der Waals surface area contributed by atoms with Crippen LogP contribution in [0.3, 0.4) is 0 Å². The molecule has 19 heavy (non-hydrogen) atoms. The van der Waals surface area contributed by atoms with Crippen LogP contribution in [0.5, 0.6) is 5.75 Å². The highest BCUT2D eigenvalue weighted by atomic mass is 16.5. The van der Waals surface area contributed by atoms with Gasteiger partial charge in [-0.2, -0.15) is 0 Å². The maximum Gasteiger partial charge on any atom is 0.319 e. The first-order valence-corrected chi connectivity index (χ1v) is 6.40. The molecule has 4 heteroatoms. The minimum atomic E-state index is -0.208. The highest BCUT2D eigenvalue weighted by Crippen LogP contribution is 2.16. The van der Waals surface area contributed by atoms with Gasteiger partial charge in [0.1, 0.15) is 5.75 Å². The Labute approximate surface area is 114 Å². The number of nitrogens with one attached hydrogen (secondary N) is 2. The van der Waals surface area contributed by atoms with E-state index in [2.05, 4.69) is 24.5 Å². The predicted molar refractivity (Wildman–Crippen MR) is 77.1 cm³/mol. The maximum atomic E-state index is 11.6. The van der Waals surface area contributed by atoms with E-state index in [-0.39, 0.29) is 12.1 Å². The van der Waals surface area contributed by atoms with E-state index in [1.54, 1.807) is 13.3 Å². The van der Waals surface area contributed by atoms with Crippen LogP contribution in [0.1, 0.15) is 32.4 Å². The summed E-state index contributed by atoms with van der Waals surface area (Å²) in [6.07, 6.45) is 3.60. The molecule has 0 saturated heterocycles. The fourth-order valence-electron chi connectivity index (χ4n) is 1.53. The third kappa shape index (κ3) is 5.46. The van der Waals surface area contributed by atoms with E-state index in [4.69, 9.17) is 4.74 Å². The molecule has 0 saturated carbocycles. The van der Waals surface area contributed by atoms with Crippen LogP contribution in [0.4, 0.5) is 4.79 Å². The van der Waals surface area contributed by atoms with E-state index >= 15 is 0 Å². The highest BCUT2D eigenvalue weighted by Gasteiger charge is 2.08. The second-order valence-corrected chi connectivity index (χ2v) is 4.72. The Balaban J connectivity index is 2.49. The van der Waals surface area contributed by atoms with Gasteiger partial charge in [0, 0.05) is 6.20 Å². The summed E-state index contributed by atoms with van der Waals surface area (Å²) in [4.78, 5) is 11.6. The summed E-state index contributed by atoms with van der Waals surface area (Å²) < 4.78 is 5.10. The first kappa shape index (κ1) is 15.1. The molecule has 0 radical (unpaired) electrons. The summed E-state index contributed by atoms with van der Waals surface area (Å²) in [5.41, 5.74) is 1.03. The number of hydrogen-bond donors (Lipinski definition) is 2. The molecule has 0 aliphatic rings.